The third-order valence-electron chi connectivity index (χ3n) is 4.83. The molecule has 1 aromatic heterocycles. The van der Waals surface area contributed by atoms with Crippen molar-refractivity contribution in [3.63, 3.8) is 0 Å². The quantitative estimate of drug-likeness (QED) is 0.840. The van der Waals surface area contributed by atoms with Crippen molar-refractivity contribution < 1.29 is 23.8 Å². The molecule has 1 atom stereocenters. The number of ether oxygens (including phenoxy) is 1. The Morgan fingerprint density at radius 2 is 2.08 bits per heavy atom. The van der Waals surface area contributed by atoms with Gasteiger partial charge in [-0.2, -0.15) is 0 Å². The van der Waals surface area contributed by atoms with Crippen molar-refractivity contribution in [1.29, 1.82) is 0 Å². The highest BCUT2D eigenvalue weighted by molar-refractivity contribution is 5.88. The highest BCUT2D eigenvalue weighted by Gasteiger charge is 2.30. The van der Waals surface area contributed by atoms with E-state index in [0.29, 0.717) is 13.2 Å². The SMILES string of the molecule is Cc1ccc2c(CC(=O)NCC(C(=O)O)C3CCOCC3)coc2c1. The number of hydrogen-bond acceptors (Lipinski definition) is 4. The summed E-state index contributed by atoms with van der Waals surface area (Å²) in [5.41, 5.74) is 2.66. The summed E-state index contributed by atoms with van der Waals surface area (Å²) < 4.78 is 10.8. The maximum atomic E-state index is 12.3. The van der Waals surface area contributed by atoms with Gasteiger partial charge in [0.05, 0.1) is 18.6 Å². The molecule has 2 N–H and O–H groups in total. The van der Waals surface area contributed by atoms with Crippen LogP contribution in [0.3, 0.4) is 0 Å². The number of hydrogen-bond donors (Lipinski definition) is 2. The Bertz CT molecular complexity index is 760. The fourth-order valence-corrected chi connectivity index (χ4v) is 3.36. The summed E-state index contributed by atoms with van der Waals surface area (Å²) >= 11 is 0. The van der Waals surface area contributed by atoms with Crippen molar-refractivity contribution in [3.05, 3.63) is 35.6 Å². The van der Waals surface area contributed by atoms with E-state index >= 15 is 0 Å². The molecule has 0 saturated carbocycles. The maximum absolute atomic E-state index is 12.3. The van der Waals surface area contributed by atoms with Crippen LogP contribution in [0.15, 0.2) is 28.9 Å². The second kappa shape index (κ2) is 7.70. The van der Waals surface area contributed by atoms with Gasteiger partial charge in [-0.15, -0.1) is 0 Å². The molecule has 2 aromatic rings. The van der Waals surface area contributed by atoms with E-state index in [-0.39, 0.29) is 24.8 Å². The summed E-state index contributed by atoms with van der Waals surface area (Å²) in [5, 5.41) is 13.1. The number of benzene rings is 1. The summed E-state index contributed by atoms with van der Waals surface area (Å²) in [6, 6.07) is 5.85. The average molecular weight is 345 g/mol. The minimum absolute atomic E-state index is 0.0456. The highest BCUT2D eigenvalue weighted by atomic mass is 16.5. The first-order valence-electron chi connectivity index (χ1n) is 8.58. The highest BCUT2D eigenvalue weighted by Crippen LogP contribution is 2.25. The zero-order valence-corrected chi connectivity index (χ0v) is 14.3. The van der Waals surface area contributed by atoms with Crippen LogP contribution in [0, 0.1) is 18.8 Å². The van der Waals surface area contributed by atoms with Gasteiger partial charge in [0.25, 0.3) is 0 Å². The topological polar surface area (TPSA) is 88.8 Å². The van der Waals surface area contributed by atoms with E-state index in [1.165, 1.54) is 0 Å². The van der Waals surface area contributed by atoms with Crippen molar-refractivity contribution in [2.45, 2.75) is 26.2 Å². The number of nitrogens with one attached hydrogen (secondary N) is 1. The van der Waals surface area contributed by atoms with Crippen molar-refractivity contribution in [2.75, 3.05) is 19.8 Å². The molecule has 1 aliphatic rings. The summed E-state index contributed by atoms with van der Waals surface area (Å²) in [7, 11) is 0. The zero-order valence-electron chi connectivity index (χ0n) is 14.3. The number of carbonyl (C=O) groups excluding carboxylic acids is 1. The van der Waals surface area contributed by atoms with Crippen molar-refractivity contribution in [3.8, 4) is 0 Å². The van der Waals surface area contributed by atoms with Crippen LogP contribution in [0.1, 0.15) is 24.0 Å². The summed E-state index contributed by atoms with van der Waals surface area (Å²) in [6.45, 7) is 3.30. The van der Waals surface area contributed by atoms with Crippen LogP contribution in [-0.4, -0.2) is 36.7 Å². The normalized spacial score (nSPS) is 16.7. The molecular formula is C19H23NO5. The Hall–Kier alpha value is -2.34. The average Bonchev–Trinajstić information content (AvgIpc) is 2.97. The molecule has 1 amide bonds. The first kappa shape index (κ1) is 17.5. The molecule has 0 bridgehead atoms. The van der Waals surface area contributed by atoms with Crippen molar-refractivity contribution in [2.24, 2.45) is 11.8 Å². The lowest BCUT2D eigenvalue weighted by atomic mass is 9.86. The van der Waals surface area contributed by atoms with Crippen LogP contribution in [0.5, 0.6) is 0 Å². The Kier molecular flexibility index (Phi) is 5.38. The van der Waals surface area contributed by atoms with Gasteiger partial charge in [0.2, 0.25) is 5.91 Å². The van der Waals surface area contributed by atoms with E-state index in [2.05, 4.69) is 5.32 Å². The van der Waals surface area contributed by atoms with E-state index in [1.807, 2.05) is 25.1 Å². The first-order valence-corrected chi connectivity index (χ1v) is 8.58. The van der Waals surface area contributed by atoms with Gasteiger partial charge in [-0.1, -0.05) is 12.1 Å². The predicted octanol–water partition coefficient (Wildman–Crippen LogP) is 2.53. The van der Waals surface area contributed by atoms with Gasteiger partial charge in [0, 0.05) is 30.7 Å². The number of carboxylic acids is 1. The van der Waals surface area contributed by atoms with E-state index in [4.69, 9.17) is 9.15 Å². The van der Waals surface area contributed by atoms with E-state index < -0.39 is 11.9 Å². The van der Waals surface area contributed by atoms with E-state index in [0.717, 1.165) is 34.9 Å². The van der Waals surface area contributed by atoms with Gasteiger partial charge >= 0.3 is 5.97 Å². The molecule has 1 aromatic carbocycles. The molecule has 6 nitrogen and oxygen atoms in total. The number of carboxylic acid groups (broad SMARTS) is 1. The van der Waals surface area contributed by atoms with Crippen molar-refractivity contribution in [1.82, 2.24) is 5.32 Å². The van der Waals surface area contributed by atoms with Crippen LogP contribution < -0.4 is 5.32 Å². The van der Waals surface area contributed by atoms with E-state index in [1.54, 1.807) is 6.26 Å². The summed E-state index contributed by atoms with van der Waals surface area (Å²) in [6.07, 6.45) is 3.21. The minimum Gasteiger partial charge on any atom is -0.481 e. The lowest BCUT2D eigenvalue weighted by Crippen LogP contribution is -2.39. The number of furan rings is 1. The summed E-state index contributed by atoms with van der Waals surface area (Å²) in [4.78, 5) is 23.8. The van der Waals surface area contributed by atoms with Gasteiger partial charge < -0.3 is 19.6 Å². The fraction of sp³-hybridized carbons (Fsp3) is 0.474. The molecule has 0 aliphatic carbocycles. The van der Waals surface area contributed by atoms with Crippen LogP contribution in [0.4, 0.5) is 0 Å². The second-order valence-corrected chi connectivity index (χ2v) is 6.64. The number of aliphatic carboxylic acids is 1. The minimum atomic E-state index is -0.864. The number of carbonyl (C=O) groups is 2. The molecule has 1 aliphatic heterocycles. The lowest BCUT2D eigenvalue weighted by Gasteiger charge is -2.27. The Morgan fingerprint density at radius 1 is 1.32 bits per heavy atom. The molecule has 3 rings (SSSR count). The van der Waals surface area contributed by atoms with Gasteiger partial charge in [-0.25, -0.2) is 0 Å². The molecule has 134 valence electrons. The number of fused-ring (bicyclic) bond motifs is 1. The molecule has 25 heavy (non-hydrogen) atoms. The molecule has 1 saturated heterocycles. The lowest BCUT2D eigenvalue weighted by molar-refractivity contribution is -0.144. The molecule has 2 heterocycles. The predicted molar refractivity (Wildman–Crippen MR) is 92.3 cm³/mol. The Morgan fingerprint density at radius 3 is 2.80 bits per heavy atom. The molecule has 1 fully saturated rings. The Balaban J connectivity index is 1.60. The number of aryl methyl sites for hydroxylation is 1. The maximum Gasteiger partial charge on any atom is 0.308 e. The van der Waals surface area contributed by atoms with Crippen LogP contribution in [0.2, 0.25) is 0 Å². The molecule has 0 radical (unpaired) electrons. The van der Waals surface area contributed by atoms with Crippen LogP contribution in [0.25, 0.3) is 11.0 Å². The third-order valence-corrected chi connectivity index (χ3v) is 4.83. The molecule has 0 spiro atoms. The van der Waals surface area contributed by atoms with Gasteiger partial charge in [0.15, 0.2) is 0 Å². The van der Waals surface area contributed by atoms with Gasteiger partial charge in [-0.05, 0) is 37.3 Å². The number of rotatable bonds is 6. The van der Waals surface area contributed by atoms with Gasteiger partial charge in [0.1, 0.15) is 5.58 Å². The van der Waals surface area contributed by atoms with Crippen LogP contribution in [-0.2, 0) is 20.7 Å². The van der Waals surface area contributed by atoms with E-state index in [9.17, 15) is 14.7 Å². The third kappa shape index (κ3) is 4.20. The second-order valence-electron chi connectivity index (χ2n) is 6.64. The first-order chi connectivity index (χ1) is 12.0. The zero-order chi connectivity index (χ0) is 17.8. The molecule has 6 heteroatoms. The summed E-state index contributed by atoms with van der Waals surface area (Å²) in [5.74, 6) is -1.58. The number of amides is 1. The fourth-order valence-electron chi connectivity index (χ4n) is 3.36. The largest absolute Gasteiger partial charge is 0.481 e. The molecular weight excluding hydrogens is 322 g/mol. The molecule has 1 unspecified atom stereocenters. The van der Waals surface area contributed by atoms with Gasteiger partial charge in [-0.3, -0.25) is 9.59 Å². The standard InChI is InChI=1S/C19H23NO5/c1-12-2-3-15-14(11-25-17(15)8-12)9-18(21)20-10-16(19(22)23)13-4-6-24-7-5-13/h2-3,8,11,13,16H,4-7,9-10H2,1H3,(H,20,21)(H,22,23). The van der Waals surface area contributed by atoms with Crippen LogP contribution >= 0.6 is 0 Å². The van der Waals surface area contributed by atoms with Crippen molar-refractivity contribution >= 4 is 22.8 Å². The smallest absolute Gasteiger partial charge is 0.308 e. The Labute approximate surface area is 146 Å². The monoisotopic (exact) mass is 345 g/mol.